The van der Waals surface area contributed by atoms with E-state index in [1.807, 2.05) is 22.8 Å². The highest BCUT2D eigenvalue weighted by molar-refractivity contribution is 6.09. The molecule has 0 aliphatic carbocycles. The van der Waals surface area contributed by atoms with Crippen molar-refractivity contribution in [1.82, 2.24) is 4.57 Å². The third kappa shape index (κ3) is 5.79. The van der Waals surface area contributed by atoms with E-state index in [2.05, 4.69) is 15.5 Å². The maximum Gasteiger partial charge on any atom is 0.255 e. The fraction of sp³-hybridized carbons (Fsp3) is 0.235. The number of amides is 2. The topological polar surface area (TPSA) is 110 Å². The average Bonchev–Trinajstić information content (AvgIpc) is 3.01. The Morgan fingerprint density at radius 3 is 2.30 bits per heavy atom. The van der Waals surface area contributed by atoms with Gasteiger partial charge < -0.3 is 24.8 Å². The van der Waals surface area contributed by atoms with Crippen molar-refractivity contribution in [1.29, 1.82) is 0 Å². The first-order valence-corrected chi connectivity index (χ1v) is 14.3. The third-order valence-corrected chi connectivity index (χ3v) is 8.21. The first-order chi connectivity index (χ1) is 20.8. The summed E-state index contributed by atoms with van der Waals surface area (Å²) in [5.41, 5.74) is 4.18. The Morgan fingerprint density at radius 1 is 0.791 bits per heavy atom. The number of hydrogen-bond acceptors (Lipinski definition) is 6. The lowest BCUT2D eigenvalue weighted by Gasteiger charge is -2.44. The van der Waals surface area contributed by atoms with Gasteiger partial charge >= 0.3 is 0 Å². The summed E-state index contributed by atoms with van der Waals surface area (Å²) in [5, 5.41) is 5.90. The Labute approximate surface area is 249 Å². The number of anilines is 3. The minimum atomic E-state index is -0.365. The molecule has 1 fully saturated rings. The molecule has 2 N–H and O–H groups in total. The van der Waals surface area contributed by atoms with Crippen LogP contribution in [0.2, 0.25) is 0 Å². The van der Waals surface area contributed by atoms with E-state index < -0.39 is 0 Å². The number of piperidine rings is 1. The van der Waals surface area contributed by atoms with Gasteiger partial charge in [0.15, 0.2) is 5.78 Å². The van der Waals surface area contributed by atoms with Crippen molar-refractivity contribution in [3.8, 4) is 5.75 Å². The van der Waals surface area contributed by atoms with Crippen LogP contribution in [-0.2, 0) is 6.54 Å². The number of methoxy groups -OCH3 is 1. The lowest BCUT2D eigenvalue weighted by Crippen LogP contribution is -2.47. The van der Waals surface area contributed by atoms with Crippen molar-refractivity contribution >= 4 is 34.7 Å². The van der Waals surface area contributed by atoms with Crippen LogP contribution < -0.4 is 25.8 Å². The summed E-state index contributed by atoms with van der Waals surface area (Å²) in [6, 6.07) is 24.3. The van der Waals surface area contributed by atoms with E-state index in [1.54, 1.807) is 73.8 Å². The molecule has 0 radical (unpaired) electrons. The highest BCUT2D eigenvalue weighted by Gasteiger charge is 2.35. The van der Waals surface area contributed by atoms with Gasteiger partial charge in [0.1, 0.15) is 5.75 Å². The molecule has 9 heteroatoms. The number of carbonyl (C=O) groups excluding carboxylic acids is 3. The monoisotopic (exact) mass is 576 g/mol. The van der Waals surface area contributed by atoms with Crippen LogP contribution in [0, 0.1) is 5.92 Å². The molecule has 0 unspecified atom stereocenters. The number of ketones is 1. The molecule has 2 bridgehead atoms. The Kier molecular flexibility index (Phi) is 7.54. The van der Waals surface area contributed by atoms with Crippen LogP contribution >= 0.6 is 0 Å². The second kappa shape index (κ2) is 11.6. The van der Waals surface area contributed by atoms with Gasteiger partial charge in [-0.1, -0.05) is 18.2 Å². The predicted molar refractivity (Wildman–Crippen MR) is 166 cm³/mol. The number of Topliss-reactive ketones (excluding diaryl/α,β-unsaturated/α-hetero) is 1. The average molecular weight is 577 g/mol. The van der Waals surface area contributed by atoms with E-state index in [0.717, 1.165) is 17.8 Å². The molecule has 218 valence electrons. The summed E-state index contributed by atoms with van der Waals surface area (Å²) in [5.74, 6) is 0.309. The zero-order valence-electron chi connectivity index (χ0n) is 24.0. The van der Waals surface area contributed by atoms with Crippen LogP contribution in [0.25, 0.3) is 0 Å². The van der Waals surface area contributed by atoms with Crippen LogP contribution in [0.3, 0.4) is 0 Å². The SMILES string of the molecule is COc1ccc(C(=O)Nc2cc(C(=O)Nc3cccc(C(C)=O)c3)ccc2N2C[C@H]3C[C@@H](C2)c2cccc(=O)n2C3)cc1. The Balaban J connectivity index is 1.32. The molecule has 0 saturated carbocycles. The van der Waals surface area contributed by atoms with Crippen LogP contribution in [0.15, 0.2) is 89.7 Å². The molecule has 3 heterocycles. The van der Waals surface area contributed by atoms with Gasteiger partial charge in [-0.3, -0.25) is 19.2 Å². The van der Waals surface area contributed by atoms with Gasteiger partial charge in [-0.05, 0) is 79.9 Å². The largest absolute Gasteiger partial charge is 0.497 e. The maximum absolute atomic E-state index is 13.4. The molecule has 1 aromatic heterocycles. The van der Waals surface area contributed by atoms with Crippen molar-refractivity contribution in [2.24, 2.45) is 5.92 Å². The number of benzene rings is 3. The zero-order valence-corrected chi connectivity index (χ0v) is 24.0. The van der Waals surface area contributed by atoms with Crippen molar-refractivity contribution in [2.75, 3.05) is 35.7 Å². The lowest BCUT2D eigenvalue weighted by molar-refractivity contribution is 0.101. The van der Waals surface area contributed by atoms with Crippen LogP contribution in [0.5, 0.6) is 5.75 Å². The fourth-order valence-corrected chi connectivity index (χ4v) is 6.10. The summed E-state index contributed by atoms with van der Waals surface area (Å²) in [6.45, 7) is 3.51. The highest BCUT2D eigenvalue weighted by atomic mass is 16.5. The molecule has 0 spiro atoms. The van der Waals surface area contributed by atoms with Gasteiger partial charge in [-0.25, -0.2) is 0 Å². The molecular weight excluding hydrogens is 544 g/mol. The number of ether oxygens (including phenoxy) is 1. The Morgan fingerprint density at radius 2 is 1.53 bits per heavy atom. The highest BCUT2D eigenvalue weighted by Crippen LogP contribution is 2.39. The molecule has 2 atom stereocenters. The van der Waals surface area contributed by atoms with Crippen molar-refractivity contribution in [2.45, 2.75) is 25.8 Å². The summed E-state index contributed by atoms with van der Waals surface area (Å²) in [6.07, 6.45) is 0.993. The quantitative estimate of drug-likeness (QED) is 0.293. The van der Waals surface area contributed by atoms with E-state index in [9.17, 15) is 19.2 Å². The predicted octanol–water partition coefficient (Wildman–Crippen LogP) is 5.19. The first kappa shape index (κ1) is 28.0. The van der Waals surface area contributed by atoms with E-state index in [1.165, 1.54) is 6.92 Å². The smallest absolute Gasteiger partial charge is 0.255 e. The van der Waals surface area contributed by atoms with Gasteiger partial charge in [-0.15, -0.1) is 0 Å². The fourth-order valence-electron chi connectivity index (χ4n) is 6.10. The van der Waals surface area contributed by atoms with Crippen LogP contribution in [0.4, 0.5) is 17.1 Å². The normalized spacial score (nSPS) is 17.0. The second-order valence-electron chi connectivity index (χ2n) is 11.1. The molecule has 3 aromatic carbocycles. The second-order valence-corrected chi connectivity index (χ2v) is 11.1. The number of nitrogens with zero attached hydrogens (tertiary/aromatic N) is 2. The molecule has 1 saturated heterocycles. The first-order valence-electron chi connectivity index (χ1n) is 14.3. The van der Waals surface area contributed by atoms with Gasteiger partial charge in [0.05, 0.1) is 18.5 Å². The minimum Gasteiger partial charge on any atom is -0.497 e. The summed E-state index contributed by atoms with van der Waals surface area (Å²) in [4.78, 5) is 53.3. The number of hydrogen-bond donors (Lipinski definition) is 2. The summed E-state index contributed by atoms with van der Waals surface area (Å²) in [7, 11) is 1.57. The number of carbonyl (C=O) groups is 3. The molecule has 4 aromatic rings. The summed E-state index contributed by atoms with van der Waals surface area (Å²) >= 11 is 0. The number of fused-ring (bicyclic) bond motifs is 4. The van der Waals surface area contributed by atoms with Gasteiger partial charge in [0.25, 0.3) is 17.4 Å². The van der Waals surface area contributed by atoms with Gasteiger partial charge in [-0.2, -0.15) is 0 Å². The van der Waals surface area contributed by atoms with Crippen molar-refractivity contribution in [3.05, 3.63) is 118 Å². The molecular formula is C34H32N4O5. The molecule has 43 heavy (non-hydrogen) atoms. The lowest BCUT2D eigenvalue weighted by atomic mass is 9.83. The number of pyridine rings is 1. The van der Waals surface area contributed by atoms with Crippen molar-refractivity contribution in [3.63, 3.8) is 0 Å². The Bertz CT molecular complexity index is 1780. The van der Waals surface area contributed by atoms with E-state index in [4.69, 9.17) is 4.74 Å². The molecule has 6 rings (SSSR count). The minimum absolute atomic E-state index is 0.0253. The molecule has 2 aliphatic rings. The molecule has 9 nitrogen and oxygen atoms in total. The number of nitrogens with one attached hydrogen (secondary N) is 2. The Hall–Kier alpha value is -5.18. The van der Waals surface area contributed by atoms with Crippen molar-refractivity contribution < 1.29 is 19.1 Å². The van der Waals surface area contributed by atoms with Gasteiger partial charge in [0, 0.05) is 59.7 Å². The number of rotatable bonds is 7. The zero-order chi connectivity index (χ0) is 30.1. The standard InChI is InChI=1S/C34H32N4O5/c1-21(39)24-5-3-6-27(16-24)35-34(42)25-11-14-31(29(17-25)36-33(41)23-9-12-28(43-2)13-10-23)37-18-22-15-26(20-37)30-7-4-8-32(40)38(30)19-22/h3-14,16-17,22,26H,15,18-20H2,1-2H3,(H,35,42)(H,36,41)/t22-,26+/m1/s1. The maximum atomic E-state index is 13.4. The summed E-state index contributed by atoms with van der Waals surface area (Å²) < 4.78 is 7.11. The van der Waals surface area contributed by atoms with E-state index in [0.29, 0.717) is 53.4 Å². The molecule has 2 amide bonds. The van der Waals surface area contributed by atoms with E-state index >= 15 is 0 Å². The third-order valence-electron chi connectivity index (χ3n) is 8.21. The van der Waals surface area contributed by atoms with Crippen LogP contribution in [-0.4, -0.2) is 42.4 Å². The van der Waals surface area contributed by atoms with Gasteiger partial charge in [0.2, 0.25) is 0 Å². The number of aromatic nitrogens is 1. The molecule has 2 aliphatic heterocycles. The van der Waals surface area contributed by atoms with Crippen LogP contribution in [0.1, 0.15) is 56.0 Å². The van der Waals surface area contributed by atoms with E-state index in [-0.39, 0.29) is 35.0 Å².